The van der Waals surface area contributed by atoms with Gasteiger partial charge in [0.1, 0.15) is 0 Å². The number of rotatable bonds is 5. The van der Waals surface area contributed by atoms with Gasteiger partial charge in [-0.25, -0.2) is 0 Å². The molecule has 3 rings (SSSR count). The fourth-order valence-corrected chi connectivity index (χ4v) is 3.70. The van der Waals surface area contributed by atoms with Gasteiger partial charge in [-0.05, 0) is 28.7 Å². The number of hydrogen-bond donors (Lipinski definition) is 0. The summed E-state index contributed by atoms with van der Waals surface area (Å²) in [4.78, 5) is 12.2. The Morgan fingerprint density at radius 1 is 1.09 bits per heavy atom. The van der Waals surface area contributed by atoms with E-state index in [0.29, 0.717) is 0 Å². The molecule has 0 aromatic heterocycles. The van der Waals surface area contributed by atoms with Crippen LogP contribution in [0, 0.1) is 0 Å². The molecule has 23 heavy (non-hydrogen) atoms. The van der Waals surface area contributed by atoms with Crippen LogP contribution in [0.2, 0.25) is 0 Å². The topological polar surface area (TPSA) is 17.1 Å². The first-order valence-corrected chi connectivity index (χ1v) is 8.49. The molecule has 0 saturated heterocycles. The molecule has 1 aliphatic rings. The summed E-state index contributed by atoms with van der Waals surface area (Å²) in [5.41, 5.74) is 1.07. The van der Waals surface area contributed by atoms with Crippen molar-refractivity contribution in [3.8, 4) is 0 Å². The summed E-state index contributed by atoms with van der Waals surface area (Å²) in [6, 6.07) is 11.1. The van der Waals surface area contributed by atoms with E-state index in [0.717, 1.165) is 48.4 Å². The Labute approximate surface area is 135 Å². The summed E-state index contributed by atoms with van der Waals surface area (Å²) in [6.45, 7) is 2.14. The molecule has 122 valence electrons. The number of Topliss-reactive ketones (excluding diaryl/α,β-unsaturated/α-hetero) is 1. The Morgan fingerprint density at radius 3 is 2.65 bits per heavy atom. The van der Waals surface area contributed by atoms with Crippen molar-refractivity contribution in [3.63, 3.8) is 0 Å². The molecule has 0 saturated carbocycles. The van der Waals surface area contributed by atoms with Gasteiger partial charge in [-0.3, -0.25) is 4.79 Å². The van der Waals surface area contributed by atoms with Crippen molar-refractivity contribution in [2.75, 3.05) is 0 Å². The predicted octanol–water partition coefficient (Wildman–Crippen LogP) is 6.12. The van der Waals surface area contributed by atoms with Gasteiger partial charge in [-0.1, -0.05) is 69.0 Å². The van der Waals surface area contributed by atoms with Crippen molar-refractivity contribution < 1.29 is 13.6 Å². The van der Waals surface area contributed by atoms with Gasteiger partial charge < -0.3 is 0 Å². The first kappa shape index (κ1) is 16.1. The highest BCUT2D eigenvalue weighted by atomic mass is 19.3. The summed E-state index contributed by atoms with van der Waals surface area (Å²) in [5.74, 6) is -4.48. The molecule has 2 aromatic rings. The number of carbonyl (C=O) groups excluding carboxylic acids is 1. The van der Waals surface area contributed by atoms with Crippen molar-refractivity contribution in [2.24, 2.45) is 0 Å². The van der Waals surface area contributed by atoms with Crippen LogP contribution in [0.3, 0.4) is 0 Å². The van der Waals surface area contributed by atoms with E-state index >= 15 is 0 Å². The molecule has 0 aliphatic heterocycles. The van der Waals surface area contributed by atoms with Gasteiger partial charge in [0.05, 0.1) is 0 Å². The minimum absolute atomic E-state index is 0.223. The zero-order valence-electron chi connectivity index (χ0n) is 13.4. The Bertz CT molecular complexity index is 721. The molecule has 1 atom stereocenters. The Balaban J connectivity index is 2.03. The number of benzene rings is 2. The second-order valence-electron chi connectivity index (χ2n) is 6.53. The molecule has 0 unspecified atom stereocenters. The lowest BCUT2D eigenvalue weighted by atomic mass is 9.75. The number of carbonyl (C=O) groups is 1. The van der Waals surface area contributed by atoms with E-state index in [2.05, 4.69) is 6.92 Å². The summed E-state index contributed by atoms with van der Waals surface area (Å²) in [5, 5.41) is 1.97. The second-order valence-corrected chi connectivity index (χ2v) is 6.53. The molecule has 2 aromatic carbocycles. The Kier molecular flexibility index (Phi) is 4.47. The Morgan fingerprint density at radius 2 is 1.87 bits per heavy atom. The zero-order chi connectivity index (χ0) is 16.4. The summed E-state index contributed by atoms with van der Waals surface area (Å²) in [7, 11) is 0. The van der Waals surface area contributed by atoms with Crippen LogP contribution in [-0.2, 0) is 0 Å². The smallest absolute Gasteiger partial charge is 0.287 e. The standard InChI is InChI=1S/C20H22F2O/c1-2-3-4-5-9-15-13-20(21,22)19(23)17-12-11-14-8-6-7-10-16(14)18(15)17/h6-8,10-12,15H,2-5,9,13H2,1H3/t15-/m1/s1. The van der Waals surface area contributed by atoms with Gasteiger partial charge in [-0.2, -0.15) is 8.78 Å². The fourth-order valence-electron chi connectivity index (χ4n) is 3.70. The van der Waals surface area contributed by atoms with Crippen LogP contribution >= 0.6 is 0 Å². The molecule has 0 spiro atoms. The van der Waals surface area contributed by atoms with E-state index < -0.39 is 11.7 Å². The van der Waals surface area contributed by atoms with E-state index in [4.69, 9.17) is 0 Å². The molecule has 0 N–H and O–H groups in total. The minimum Gasteiger partial charge on any atom is -0.287 e. The largest absolute Gasteiger partial charge is 0.310 e. The maximum absolute atomic E-state index is 14.2. The molecule has 1 nitrogen and oxygen atoms in total. The van der Waals surface area contributed by atoms with Crippen molar-refractivity contribution in [1.29, 1.82) is 0 Å². The molecule has 3 heteroatoms. The molecule has 0 heterocycles. The van der Waals surface area contributed by atoms with Gasteiger partial charge in [-0.15, -0.1) is 0 Å². The lowest BCUT2D eigenvalue weighted by molar-refractivity contribution is -0.00406. The van der Waals surface area contributed by atoms with E-state index in [1.54, 1.807) is 12.1 Å². The van der Waals surface area contributed by atoms with Gasteiger partial charge in [0.15, 0.2) is 0 Å². The lowest BCUT2D eigenvalue weighted by Crippen LogP contribution is -2.36. The highest BCUT2D eigenvalue weighted by molar-refractivity contribution is 6.08. The van der Waals surface area contributed by atoms with Crippen LogP contribution < -0.4 is 0 Å². The summed E-state index contributed by atoms with van der Waals surface area (Å²) in [6.07, 6.45) is 4.63. The van der Waals surface area contributed by atoms with Crippen LogP contribution in [-0.4, -0.2) is 11.7 Å². The van der Waals surface area contributed by atoms with Crippen LogP contribution in [0.1, 0.15) is 67.3 Å². The maximum Gasteiger partial charge on any atom is 0.310 e. The van der Waals surface area contributed by atoms with Gasteiger partial charge in [0, 0.05) is 12.0 Å². The second kappa shape index (κ2) is 6.38. The third kappa shape index (κ3) is 3.01. The fraction of sp³-hybridized carbons (Fsp3) is 0.450. The number of fused-ring (bicyclic) bond motifs is 3. The first-order valence-electron chi connectivity index (χ1n) is 8.49. The quantitative estimate of drug-likeness (QED) is 0.608. The highest BCUT2D eigenvalue weighted by Crippen LogP contribution is 2.45. The molecule has 0 radical (unpaired) electrons. The minimum atomic E-state index is -3.23. The van der Waals surface area contributed by atoms with Crippen molar-refractivity contribution >= 4 is 16.6 Å². The molecule has 0 amide bonds. The van der Waals surface area contributed by atoms with Crippen LogP contribution in [0.4, 0.5) is 8.78 Å². The van der Waals surface area contributed by atoms with Crippen molar-refractivity contribution in [2.45, 2.75) is 57.3 Å². The number of ketones is 1. The van der Waals surface area contributed by atoms with E-state index in [1.807, 2.05) is 24.3 Å². The highest BCUT2D eigenvalue weighted by Gasteiger charge is 2.47. The maximum atomic E-state index is 14.2. The number of alkyl halides is 2. The van der Waals surface area contributed by atoms with E-state index in [9.17, 15) is 13.6 Å². The Hall–Kier alpha value is -1.77. The van der Waals surface area contributed by atoms with Crippen LogP contribution in [0.15, 0.2) is 36.4 Å². The third-order valence-corrected chi connectivity index (χ3v) is 4.86. The normalized spacial score (nSPS) is 19.8. The molecule has 1 aliphatic carbocycles. The molecular formula is C20H22F2O. The zero-order valence-corrected chi connectivity index (χ0v) is 13.4. The predicted molar refractivity (Wildman–Crippen MR) is 89.3 cm³/mol. The van der Waals surface area contributed by atoms with Crippen LogP contribution in [0.5, 0.6) is 0 Å². The van der Waals surface area contributed by atoms with Crippen LogP contribution in [0.25, 0.3) is 10.8 Å². The summed E-state index contributed by atoms with van der Waals surface area (Å²) < 4.78 is 28.3. The molecule has 0 bridgehead atoms. The number of hydrogen-bond acceptors (Lipinski definition) is 1. The van der Waals surface area contributed by atoms with Gasteiger partial charge in [0.25, 0.3) is 0 Å². The van der Waals surface area contributed by atoms with Crippen molar-refractivity contribution in [1.82, 2.24) is 0 Å². The SMILES string of the molecule is CCCCCC[C@@H]1CC(F)(F)C(=O)c2ccc3ccccc3c21. The molecule has 0 fully saturated rings. The first-order chi connectivity index (χ1) is 11.0. The third-order valence-electron chi connectivity index (χ3n) is 4.86. The molecular weight excluding hydrogens is 294 g/mol. The van der Waals surface area contributed by atoms with E-state index in [1.165, 1.54) is 0 Å². The average Bonchev–Trinajstić information content (AvgIpc) is 2.55. The van der Waals surface area contributed by atoms with Gasteiger partial charge in [0.2, 0.25) is 5.78 Å². The average molecular weight is 316 g/mol. The van der Waals surface area contributed by atoms with E-state index in [-0.39, 0.29) is 17.9 Å². The van der Waals surface area contributed by atoms with Gasteiger partial charge >= 0.3 is 5.92 Å². The summed E-state index contributed by atoms with van der Waals surface area (Å²) >= 11 is 0. The number of unbranched alkanes of at least 4 members (excludes halogenated alkanes) is 3. The monoisotopic (exact) mass is 316 g/mol. The number of halogens is 2. The van der Waals surface area contributed by atoms with Crippen molar-refractivity contribution in [3.05, 3.63) is 47.5 Å². The lowest BCUT2D eigenvalue weighted by Gasteiger charge is -2.31.